The number of aromatic amines is 2. The standard InChI is InChI=1S/C42H42FN7O3S/c1-24(43)20-44-23-38-45-21-30(47-38)25-12-14-32-28(16-25)17-34-29-13-11-26(18-35(29)52-40(50(32)34)37-19-27-8-5-6-10-36(27)54-37)31-22-46-39(48-31)33-9-7-15-49(33)41(51)53-42(2,3)4/h5-6,8,10-14,16-19,21-22,24,33,40,44H,7,9,15,20,23H2,1-4H3,(H,45,47)(H,46,48). The summed E-state index contributed by atoms with van der Waals surface area (Å²) in [7, 11) is 0. The Balaban J connectivity index is 1.07. The molecule has 1 saturated heterocycles. The first-order valence-corrected chi connectivity index (χ1v) is 19.3. The number of nitrogens with zero attached hydrogens (tertiary/aromatic N) is 4. The summed E-state index contributed by atoms with van der Waals surface area (Å²) in [6.45, 7) is 8.58. The van der Waals surface area contributed by atoms with Crippen LogP contribution in [0.3, 0.4) is 0 Å². The minimum atomic E-state index is -0.918. The van der Waals surface area contributed by atoms with Gasteiger partial charge in [-0.3, -0.25) is 9.47 Å². The van der Waals surface area contributed by atoms with Crippen molar-refractivity contribution in [2.24, 2.45) is 0 Å². The fourth-order valence-electron chi connectivity index (χ4n) is 7.58. The van der Waals surface area contributed by atoms with E-state index in [0.717, 1.165) is 79.8 Å². The Morgan fingerprint density at radius 2 is 1.81 bits per heavy atom. The van der Waals surface area contributed by atoms with Gasteiger partial charge in [0.25, 0.3) is 0 Å². The van der Waals surface area contributed by atoms with E-state index < -0.39 is 11.8 Å². The average molecular weight is 744 g/mol. The first-order valence-electron chi connectivity index (χ1n) is 18.5. The second kappa shape index (κ2) is 13.4. The molecule has 3 atom stereocenters. The van der Waals surface area contributed by atoms with E-state index in [2.05, 4.69) is 97.6 Å². The third-order valence-corrected chi connectivity index (χ3v) is 11.2. The topological polar surface area (TPSA) is 113 Å². The van der Waals surface area contributed by atoms with Gasteiger partial charge in [-0.05, 0) is 88.4 Å². The highest BCUT2D eigenvalue weighted by molar-refractivity contribution is 7.19. The molecule has 0 aliphatic carbocycles. The Hall–Kier alpha value is -5.46. The summed E-state index contributed by atoms with van der Waals surface area (Å²) in [5, 5.41) is 5.37. The number of likely N-dealkylation sites (tertiary alicyclic amines) is 1. The SMILES string of the molecule is CC(F)CNCc1ncc(-c2ccc3c(c2)cc2n3C(c3cc4ccccc4s3)Oc3cc(-c4cnc(C5CCCN5C(=O)OC(C)(C)C)[nH]4)ccc3-2)[nH]1. The van der Waals surface area contributed by atoms with E-state index in [4.69, 9.17) is 14.5 Å². The molecule has 54 heavy (non-hydrogen) atoms. The number of hydrogen-bond donors (Lipinski definition) is 3. The van der Waals surface area contributed by atoms with Gasteiger partial charge in [0.05, 0.1) is 52.5 Å². The number of nitrogens with one attached hydrogen (secondary N) is 3. The monoisotopic (exact) mass is 743 g/mol. The highest BCUT2D eigenvalue weighted by Gasteiger charge is 2.35. The summed E-state index contributed by atoms with van der Waals surface area (Å²) in [6, 6.07) is 25.5. The van der Waals surface area contributed by atoms with Gasteiger partial charge in [-0.2, -0.15) is 0 Å². The summed E-state index contributed by atoms with van der Waals surface area (Å²) in [5.74, 6) is 2.30. The van der Waals surface area contributed by atoms with Crippen molar-refractivity contribution >= 4 is 38.4 Å². The Bertz CT molecular complexity index is 2470. The van der Waals surface area contributed by atoms with Crippen LogP contribution in [-0.2, 0) is 11.3 Å². The van der Waals surface area contributed by atoms with Gasteiger partial charge < -0.3 is 24.8 Å². The average Bonchev–Trinajstić information content (AvgIpc) is 3.98. The molecule has 2 aliphatic rings. The number of H-pyrrole nitrogens is 2. The lowest BCUT2D eigenvalue weighted by atomic mass is 10.0. The number of halogens is 1. The van der Waals surface area contributed by atoms with Crippen LogP contribution in [0.25, 0.3) is 54.8 Å². The molecule has 10 nitrogen and oxygen atoms in total. The number of alkyl halides is 1. The second-order valence-corrected chi connectivity index (χ2v) is 16.3. The fraction of sp³-hybridized carbons (Fsp3) is 0.310. The van der Waals surface area contributed by atoms with Gasteiger partial charge in [0.15, 0.2) is 0 Å². The van der Waals surface area contributed by atoms with Crippen molar-refractivity contribution in [3.8, 4) is 39.5 Å². The van der Waals surface area contributed by atoms with Gasteiger partial charge in [-0.25, -0.2) is 19.2 Å². The molecule has 7 aromatic rings. The van der Waals surface area contributed by atoms with E-state index in [9.17, 15) is 9.18 Å². The van der Waals surface area contributed by atoms with Crippen molar-refractivity contribution < 1.29 is 18.7 Å². The number of benzene rings is 3. The molecule has 3 aromatic carbocycles. The largest absolute Gasteiger partial charge is 0.464 e. The fourth-order valence-corrected chi connectivity index (χ4v) is 8.66. The van der Waals surface area contributed by atoms with Crippen LogP contribution in [0, 0.1) is 0 Å². The second-order valence-electron chi connectivity index (χ2n) is 15.2. The number of hydrogen-bond acceptors (Lipinski definition) is 7. The maximum absolute atomic E-state index is 13.3. The zero-order valence-corrected chi connectivity index (χ0v) is 31.5. The molecule has 1 fully saturated rings. The molecule has 2 aliphatic heterocycles. The van der Waals surface area contributed by atoms with Gasteiger partial charge in [0.2, 0.25) is 6.23 Å². The van der Waals surface area contributed by atoms with Crippen molar-refractivity contribution in [2.75, 3.05) is 13.1 Å². The van der Waals surface area contributed by atoms with E-state index in [1.165, 1.54) is 17.0 Å². The van der Waals surface area contributed by atoms with Gasteiger partial charge >= 0.3 is 6.09 Å². The number of imidazole rings is 2. The van der Waals surface area contributed by atoms with E-state index in [1.54, 1.807) is 16.2 Å². The van der Waals surface area contributed by atoms with Crippen molar-refractivity contribution in [1.29, 1.82) is 0 Å². The van der Waals surface area contributed by atoms with Crippen LogP contribution in [0.15, 0.2) is 85.2 Å². The number of aromatic nitrogens is 5. The first kappa shape index (κ1) is 34.3. The summed E-state index contributed by atoms with van der Waals surface area (Å²) in [6.07, 6.45) is 3.76. The van der Waals surface area contributed by atoms with Crippen LogP contribution in [-0.4, -0.2) is 60.4 Å². The molecule has 1 amide bonds. The Morgan fingerprint density at radius 3 is 2.65 bits per heavy atom. The van der Waals surface area contributed by atoms with E-state index >= 15 is 0 Å². The third kappa shape index (κ3) is 6.43. The smallest absolute Gasteiger partial charge is 0.410 e. The van der Waals surface area contributed by atoms with Crippen LogP contribution in [0.2, 0.25) is 0 Å². The molecular formula is C42H42FN7O3S. The number of thiophene rings is 1. The van der Waals surface area contributed by atoms with Crippen molar-refractivity contribution in [3.05, 3.63) is 102 Å². The minimum absolute atomic E-state index is 0.171. The van der Waals surface area contributed by atoms with Gasteiger partial charge in [-0.1, -0.05) is 30.3 Å². The number of carbonyl (C=O) groups is 1. The lowest BCUT2D eigenvalue weighted by Crippen LogP contribution is -2.36. The number of rotatable bonds is 8. The summed E-state index contributed by atoms with van der Waals surface area (Å²) < 4.78 is 29.5. The van der Waals surface area contributed by atoms with Crippen LogP contribution in [0.4, 0.5) is 9.18 Å². The molecule has 4 aromatic heterocycles. The number of carbonyl (C=O) groups excluding carboxylic acids is 1. The summed E-state index contributed by atoms with van der Waals surface area (Å²) in [4.78, 5) is 32.1. The first-order chi connectivity index (χ1) is 26.1. The molecular weight excluding hydrogens is 702 g/mol. The van der Waals surface area contributed by atoms with E-state index in [0.29, 0.717) is 13.1 Å². The number of amides is 1. The highest BCUT2D eigenvalue weighted by atomic mass is 32.1. The lowest BCUT2D eigenvalue weighted by molar-refractivity contribution is 0.0218. The Labute approximate surface area is 316 Å². The van der Waals surface area contributed by atoms with Gasteiger partial charge in [-0.15, -0.1) is 11.3 Å². The lowest BCUT2D eigenvalue weighted by Gasteiger charge is -2.29. The summed E-state index contributed by atoms with van der Waals surface area (Å²) >= 11 is 1.74. The quantitative estimate of drug-likeness (QED) is 0.143. The van der Waals surface area contributed by atoms with E-state index in [1.807, 2.05) is 33.2 Å². The molecule has 0 spiro atoms. The maximum atomic E-state index is 13.3. The molecule has 0 saturated carbocycles. The highest BCUT2D eigenvalue weighted by Crippen LogP contribution is 2.47. The van der Waals surface area contributed by atoms with Crippen LogP contribution < -0.4 is 10.1 Å². The molecule has 6 heterocycles. The minimum Gasteiger partial charge on any atom is -0.464 e. The van der Waals surface area contributed by atoms with Crippen LogP contribution in [0.5, 0.6) is 5.75 Å². The predicted molar refractivity (Wildman–Crippen MR) is 210 cm³/mol. The zero-order chi connectivity index (χ0) is 37.1. The zero-order valence-electron chi connectivity index (χ0n) is 30.7. The summed E-state index contributed by atoms with van der Waals surface area (Å²) in [5.41, 5.74) is 6.28. The molecule has 3 unspecified atom stereocenters. The van der Waals surface area contributed by atoms with Crippen molar-refractivity contribution in [3.63, 3.8) is 0 Å². The van der Waals surface area contributed by atoms with Gasteiger partial charge in [0, 0.05) is 39.9 Å². The van der Waals surface area contributed by atoms with Crippen LogP contribution >= 0.6 is 11.3 Å². The normalized spacial score (nSPS) is 17.5. The van der Waals surface area contributed by atoms with Gasteiger partial charge in [0.1, 0.15) is 29.2 Å². The molecule has 0 radical (unpaired) electrons. The predicted octanol–water partition coefficient (Wildman–Crippen LogP) is 9.76. The number of ether oxygens (including phenoxy) is 2. The molecule has 276 valence electrons. The molecule has 9 rings (SSSR count). The van der Waals surface area contributed by atoms with E-state index in [-0.39, 0.29) is 24.9 Å². The number of fused-ring (bicyclic) bond motifs is 6. The maximum Gasteiger partial charge on any atom is 0.410 e. The molecule has 12 heteroatoms. The Morgan fingerprint density at radius 1 is 1.02 bits per heavy atom. The Kier molecular flexibility index (Phi) is 8.54. The van der Waals surface area contributed by atoms with Crippen LogP contribution in [0.1, 0.15) is 69.3 Å². The van der Waals surface area contributed by atoms with Crippen molar-refractivity contribution in [1.82, 2.24) is 34.7 Å². The van der Waals surface area contributed by atoms with Crippen molar-refractivity contribution in [2.45, 2.75) is 71.1 Å². The molecule has 0 bridgehead atoms. The third-order valence-electron chi connectivity index (χ3n) is 10.0. The molecule has 3 N–H and O–H groups in total.